The molecule has 1 aromatic carbocycles. The van der Waals surface area contributed by atoms with E-state index in [1.807, 2.05) is 0 Å². The molecule has 0 amide bonds. The Balaban J connectivity index is 2.84. The first-order chi connectivity index (χ1) is 9.76. The highest BCUT2D eigenvalue weighted by Crippen LogP contribution is 2.29. The van der Waals surface area contributed by atoms with Crippen LogP contribution in [-0.4, -0.2) is 6.54 Å². The standard InChI is InChI=1S/C19H33N/c1-5-9-10-17(8-4)19(20-15-6-2)18-13-11-16(7-3)12-14-18/h11-14,17,19-20H,5-10,15H2,1-4H3. The topological polar surface area (TPSA) is 12.0 Å². The van der Waals surface area contributed by atoms with Crippen molar-refractivity contribution in [3.63, 3.8) is 0 Å². The van der Waals surface area contributed by atoms with E-state index in [4.69, 9.17) is 0 Å². The van der Waals surface area contributed by atoms with Gasteiger partial charge in [0.2, 0.25) is 0 Å². The predicted molar refractivity (Wildman–Crippen MR) is 90.2 cm³/mol. The minimum atomic E-state index is 0.525. The van der Waals surface area contributed by atoms with Gasteiger partial charge in [0.25, 0.3) is 0 Å². The Hall–Kier alpha value is -0.820. The molecule has 0 saturated heterocycles. The Morgan fingerprint density at radius 1 is 0.950 bits per heavy atom. The smallest absolute Gasteiger partial charge is 0.0348 e. The zero-order chi connectivity index (χ0) is 14.8. The quantitative estimate of drug-likeness (QED) is 0.594. The molecule has 0 heterocycles. The maximum Gasteiger partial charge on any atom is 0.0348 e. The molecule has 0 saturated carbocycles. The van der Waals surface area contributed by atoms with Gasteiger partial charge in [0.05, 0.1) is 0 Å². The van der Waals surface area contributed by atoms with Crippen LogP contribution in [0.5, 0.6) is 0 Å². The van der Waals surface area contributed by atoms with Crippen LogP contribution < -0.4 is 5.32 Å². The molecule has 20 heavy (non-hydrogen) atoms. The molecule has 1 N–H and O–H groups in total. The van der Waals surface area contributed by atoms with Crippen molar-refractivity contribution < 1.29 is 0 Å². The van der Waals surface area contributed by atoms with E-state index in [9.17, 15) is 0 Å². The molecule has 0 aliphatic carbocycles. The van der Waals surface area contributed by atoms with Gasteiger partial charge in [-0.1, -0.05) is 71.2 Å². The monoisotopic (exact) mass is 275 g/mol. The molecule has 0 radical (unpaired) electrons. The molecular weight excluding hydrogens is 242 g/mol. The van der Waals surface area contributed by atoms with Crippen molar-refractivity contribution in [1.82, 2.24) is 5.32 Å². The van der Waals surface area contributed by atoms with Gasteiger partial charge in [0.1, 0.15) is 0 Å². The largest absolute Gasteiger partial charge is 0.310 e. The van der Waals surface area contributed by atoms with E-state index >= 15 is 0 Å². The van der Waals surface area contributed by atoms with Crippen LogP contribution >= 0.6 is 0 Å². The van der Waals surface area contributed by atoms with Crippen molar-refractivity contribution in [3.05, 3.63) is 35.4 Å². The molecule has 0 aliphatic rings. The minimum absolute atomic E-state index is 0.525. The molecule has 1 rings (SSSR count). The molecule has 114 valence electrons. The number of hydrogen-bond acceptors (Lipinski definition) is 1. The summed E-state index contributed by atoms with van der Waals surface area (Å²) >= 11 is 0. The first kappa shape index (κ1) is 17.2. The summed E-state index contributed by atoms with van der Waals surface area (Å²) in [6, 6.07) is 9.78. The second-order valence-electron chi connectivity index (χ2n) is 5.84. The van der Waals surface area contributed by atoms with Crippen LogP contribution in [0.2, 0.25) is 0 Å². The Kier molecular flexibility index (Phi) is 8.60. The van der Waals surface area contributed by atoms with E-state index in [0.29, 0.717) is 6.04 Å². The van der Waals surface area contributed by atoms with Gasteiger partial charge in [-0.05, 0) is 42.9 Å². The van der Waals surface area contributed by atoms with Crippen LogP contribution in [0.25, 0.3) is 0 Å². The number of nitrogens with one attached hydrogen (secondary N) is 1. The molecule has 2 atom stereocenters. The van der Waals surface area contributed by atoms with Crippen molar-refractivity contribution in [1.29, 1.82) is 0 Å². The molecule has 0 aromatic heterocycles. The molecule has 0 fully saturated rings. The van der Waals surface area contributed by atoms with Crippen LogP contribution in [0.1, 0.15) is 77.0 Å². The van der Waals surface area contributed by atoms with E-state index in [0.717, 1.165) is 18.9 Å². The lowest BCUT2D eigenvalue weighted by atomic mass is 9.86. The van der Waals surface area contributed by atoms with Crippen molar-refractivity contribution in [3.8, 4) is 0 Å². The summed E-state index contributed by atoms with van der Waals surface area (Å²) in [5.74, 6) is 0.758. The van der Waals surface area contributed by atoms with Crippen LogP contribution in [0.15, 0.2) is 24.3 Å². The number of benzene rings is 1. The van der Waals surface area contributed by atoms with Gasteiger partial charge in [-0.3, -0.25) is 0 Å². The fourth-order valence-corrected chi connectivity index (χ4v) is 2.89. The lowest BCUT2D eigenvalue weighted by Gasteiger charge is -2.28. The summed E-state index contributed by atoms with van der Waals surface area (Å²) in [5, 5.41) is 3.78. The SMILES string of the molecule is CCCCC(CC)C(NCCC)c1ccc(CC)cc1. The van der Waals surface area contributed by atoms with Crippen LogP contribution in [-0.2, 0) is 6.42 Å². The predicted octanol–water partition coefficient (Wildman–Crippen LogP) is 5.51. The fraction of sp³-hybridized carbons (Fsp3) is 0.684. The maximum atomic E-state index is 3.78. The zero-order valence-corrected chi connectivity index (χ0v) is 13.9. The Morgan fingerprint density at radius 2 is 1.65 bits per heavy atom. The zero-order valence-electron chi connectivity index (χ0n) is 13.9. The lowest BCUT2D eigenvalue weighted by Crippen LogP contribution is -2.29. The number of hydrogen-bond donors (Lipinski definition) is 1. The molecule has 1 heteroatoms. The summed E-state index contributed by atoms with van der Waals surface area (Å²) in [5.41, 5.74) is 2.91. The molecule has 2 unspecified atom stereocenters. The number of aryl methyl sites for hydroxylation is 1. The molecule has 0 aliphatic heterocycles. The van der Waals surface area contributed by atoms with E-state index in [1.54, 1.807) is 0 Å². The average Bonchev–Trinajstić information content (AvgIpc) is 2.51. The third kappa shape index (κ3) is 5.28. The number of unbranched alkanes of at least 4 members (excludes halogenated alkanes) is 1. The normalized spacial score (nSPS) is 14.2. The highest BCUT2D eigenvalue weighted by Gasteiger charge is 2.20. The summed E-state index contributed by atoms with van der Waals surface area (Å²) < 4.78 is 0. The summed E-state index contributed by atoms with van der Waals surface area (Å²) in [4.78, 5) is 0. The van der Waals surface area contributed by atoms with Crippen LogP contribution in [0, 0.1) is 5.92 Å². The van der Waals surface area contributed by atoms with Crippen molar-refractivity contribution in [2.45, 2.75) is 72.3 Å². The summed E-state index contributed by atoms with van der Waals surface area (Å²) in [6.45, 7) is 10.2. The van der Waals surface area contributed by atoms with E-state index in [2.05, 4.69) is 57.3 Å². The van der Waals surface area contributed by atoms with Crippen LogP contribution in [0.3, 0.4) is 0 Å². The van der Waals surface area contributed by atoms with Crippen molar-refractivity contribution in [2.24, 2.45) is 5.92 Å². The molecule has 1 aromatic rings. The van der Waals surface area contributed by atoms with Gasteiger partial charge in [0, 0.05) is 6.04 Å². The fourth-order valence-electron chi connectivity index (χ4n) is 2.89. The lowest BCUT2D eigenvalue weighted by molar-refractivity contribution is 0.323. The minimum Gasteiger partial charge on any atom is -0.310 e. The van der Waals surface area contributed by atoms with E-state index in [1.165, 1.54) is 43.2 Å². The van der Waals surface area contributed by atoms with Gasteiger partial charge >= 0.3 is 0 Å². The Morgan fingerprint density at radius 3 is 2.15 bits per heavy atom. The van der Waals surface area contributed by atoms with E-state index < -0.39 is 0 Å². The number of rotatable bonds is 10. The average molecular weight is 275 g/mol. The first-order valence-corrected chi connectivity index (χ1v) is 8.58. The van der Waals surface area contributed by atoms with Crippen molar-refractivity contribution >= 4 is 0 Å². The first-order valence-electron chi connectivity index (χ1n) is 8.58. The Labute approximate surface area is 126 Å². The third-order valence-corrected chi connectivity index (χ3v) is 4.29. The van der Waals surface area contributed by atoms with Gasteiger partial charge in [-0.15, -0.1) is 0 Å². The second-order valence-corrected chi connectivity index (χ2v) is 5.84. The molecular formula is C19H33N. The van der Waals surface area contributed by atoms with E-state index in [-0.39, 0.29) is 0 Å². The highest BCUT2D eigenvalue weighted by atomic mass is 14.9. The highest BCUT2D eigenvalue weighted by molar-refractivity contribution is 5.25. The summed E-state index contributed by atoms with van der Waals surface area (Å²) in [6.07, 6.45) is 7.57. The molecule has 0 bridgehead atoms. The second kappa shape index (κ2) is 9.99. The molecule has 0 spiro atoms. The molecule has 1 nitrogen and oxygen atoms in total. The van der Waals surface area contributed by atoms with Crippen LogP contribution in [0.4, 0.5) is 0 Å². The Bertz CT molecular complexity index is 341. The van der Waals surface area contributed by atoms with Crippen molar-refractivity contribution in [2.75, 3.05) is 6.54 Å². The maximum absolute atomic E-state index is 3.78. The van der Waals surface area contributed by atoms with Gasteiger partial charge in [-0.25, -0.2) is 0 Å². The van der Waals surface area contributed by atoms with Gasteiger partial charge in [-0.2, -0.15) is 0 Å². The summed E-state index contributed by atoms with van der Waals surface area (Å²) in [7, 11) is 0. The van der Waals surface area contributed by atoms with Gasteiger partial charge < -0.3 is 5.32 Å². The third-order valence-electron chi connectivity index (χ3n) is 4.29. The van der Waals surface area contributed by atoms with Gasteiger partial charge in [0.15, 0.2) is 0 Å².